The maximum atomic E-state index is 9.00. The summed E-state index contributed by atoms with van der Waals surface area (Å²) in [6.07, 6.45) is 0.750. The molecule has 7 heteroatoms. The van der Waals surface area contributed by atoms with Crippen LogP contribution in [0.1, 0.15) is 0 Å². The van der Waals surface area contributed by atoms with E-state index in [1.54, 1.807) is 0 Å². The van der Waals surface area contributed by atoms with Crippen LogP contribution in [0.3, 0.4) is 0 Å². The highest BCUT2D eigenvalue weighted by molar-refractivity contribution is 5.85. The largest absolute Gasteiger partial charge is 0.390 e. The molecule has 7 N–H and O–H groups in total. The Bertz CT molecular complexity index is 63.6. The minimum atomic E-state index is -0.833. The Morgan fingerprint density at radius 1 is 1.33 bits per heavy atom. The Morgan fingerprint density at radius 2 is 1.33 bits per heavy atom. The van der Waals surface area contributed by atoms with E-state index in [0.717, 1.165) is 6.34 Å². The second-order valence-corrected chi connectivity index (χ2v) is 0.569. The molecule has 0 aromatic rings. The summed E-state index contributed by atoms with van der Waals surface area (Å²) in [5, 5.41) is 5.86. The summed E-state index contributed by atoms with van der Waals surface area (Å²) in [5.74, 6) is 0. The summed E-state index contributed by atoms with van der Waals surface area (Å²) < 4.78 is 0. The van der Waals surface area contributed by atoms with Gasteiger partial charge in [-0.05, 0) is 0 Å². The molecular weight excluding hydrogens is 167 g/mol. The van der Waals surface area contributed by atoms with E-state index in [-0.39, 0.29) is 24.8 Å². The smallest absolute Gasteiger partial charge is 0.309 e. The molecule has 0 radical (unpaired) electrons. The molecule has 0 fully saturated rings. The third-order valence-corrected chi connectivity index (χ3v) is 0. The lowest BCUT2D eigenvalue weighted by molar-refractivity contribution is 0.256. The first kappa shape index (κ1) is 23.9. The summed E-state index contributed by atoms with van der Waals surface area (Å²) in [4.78, 5) is 9.00. The first-order valence-electron chi connectivity index (χ1n) is 1.40. The van der Waals surface area contributed by atoms with E-state index < -0.39 is 6.03 Å². The Balaban J connectivity index is -0.0000000233. The van der Waals surface area contributed by atoms with Crippen LogP contribution in [0.2, 0.25) is 0 Å². The predicted octanol–water partition coefficient (Wildman–Crippen LogP) is -0.580. The van der Waals surface area contributed by atoms with Crippen molar-refractivity contribution >= 4 is 37.2 Å². The zero-order valence-corrected chi connectivity index (χ0v) is 6.17. The molecule has 0 unspecified atom stereocenters. The molecule has 0 aliphatic rings. The van der Waals surface area contributed by atoms with Gasteiger partial charge in [-0.25, -0.2) is 4.79 Å². The van der Waals surface area contributed by atoms with E-state index in [9.17, 15) is 0 Å². The molecule has 0 bridgehead atoms. The lowest BCUT2D eigenvalue weighted by Crippen LogP contribution is -2.18. The summed E-state index contributed by atoms with van der Waals surface area (Å²) in [7, 11) is 0. The van der Waals surface area contributed by atoms with Crippen LogP contribution >= 0.6 is 24.8 Å². The van der Waals surface area contributed by atoms with Crippen molar-refractivity contribution in [2.24, 2.45) is 17.2 Å². The summed E-state index contributed by atoms with van der Waals surface area (Å²) in [6, 6.07) is -0.833. The van der Waals surface area contributed by atoms with Crippen molar-refractivity contribution in [2.75, 3.05) is 0 Å². The predicted molar refractivity (Wildman–Crippen MR) is 41.2 cm³/mol. The second-order valence-electron chi connectivity index (χ2n) is 0.569. The lowest BCUT2D eigenvalue weighted by atomic mass is 11.2. The van der Waals surface area contributed by atoms with Gasteiger partial charge in [-0.15, -0.1) is 24.8 Å². The molecule has 0 aromatic heterocycles. The first-order valence-corrected chi connectivity index (χ1v) is 1.40. The summed E-state index contributed by atoms with van der Waals surface area (Å²) in [6.45, 7) is 0. The van der Waals surface area contributed by atoms with Gasteiger partial charge in [0.05, 0.1) is 6.34 Å². The molecule has 0 rings (SSSR count). The number of nitrogens with one attached hydrogen (secondary N) is 1. The Labute approximate surface area is 65.3 Å². The zero-order valence-electron chi connectivity index (χ0n) is 4.53. The molecule has 0 heterocycles. The van der Waals surface area contributed by atoms with Gasteiger partial charge < -0.3 is 17.2 Å². The number of halogens is 2. The van der Waals surface area contributed by atoms with Gasteiger partial charge in [-0.3, -0.25) is 5.41 Å². The van der Waals surface area contributed by atoms with E-state index in [4.69, 9.17) is 10.2 Å². The second kappa shape index (κ2) is 26.5. The first-order chi connectivity index (χ1) is 3.15. The van der Waals surface area contributed by atoms with Crippen LogP contribution < -0.4 is 17.2 Å². The van der Waals surface area contributed by atoms with E-state index >= 15 is 0 Å². The van der Waals surface area contributed by atoms with Crippen molar-refractivity contribution in [3.8, 4) is 0 Å². The fraction of sp³-hybridized carbons (Fsp3) is 0. The maximum Gasteiger partial charge on any atom is 0.309 e. The number of rotatable bonds is 0. The molecule has 5 nitrogen and oxygen atoms in total. The van der Waals surface area contributed by atoms with Crippen LogP contribution in [0.5, 0.6) is 0 Å². The highest BCUT2D eigenvalue weighted by Crippen LogP contribution is 1.25. The van der Waals surface area contributed by atoms with Crippen LogP contribution in [0.15, 0.2) is 0 Å². The molecule has 0 aliphatic carbocycles. The van der Waals surface area contributed by atoms with Crippen molar-refractivity contribution in [1.82, 2.24) is 0 Å². The standard InChI is InChI=1S/CH4N2O.CH4N2.2ClH/c2-1(3)4;2-1-3;;/h(H4,2,3,4);1H,(H3,2,3);2*1H. The van der Waals surface area contributed by atoms with Crippen molar-refractivity contribution in [2.45, 2.75) is 0 Å². The number of carbonyl (C=O) groups excluding carboxylic acids is 1. The molecule has 58 valence electrons. The molecule has 0 aromatic carbocycles. The molecule has 9 heavy (non-hydrogen) atoms. The average molecular weight is 177 g/mol. The highest BCUT2D eigenvalue weighted by atomic mass is 35.5. The number of carbonyl (C=O) groups is 1. The Kier molecular flexibility index (Phi) is 70.4. The van der Waals surface area contributed by atoms with Crippen LogP contribution in [0.4, 0.5) is 4.79 Å². The molecule has 0 saturated heterocycles. The quantitative estimate of drug-likeness (QED) is 0.292. The summed E-state index contributed by atoms with van der Waals surface area (Å²) in [5.41, 5.74) is 12.9. The van der Waals surface area contributed by atoms with Gasteiger partial charge in [0, 0.05) is 0 Å². The number of urea groups is 1. The number of hydrogen-bond donors (Lipinski definition) is 4. The molecule has 0 saturated carbocycles. The SMILES string of the molecule is Cl.Cl.N=CN.NC(N)=O. The van der Waals surface area contributed by atoms with Gasteiger partial charge in [-0.1, -0.05) is 0 Å². The number of nitrogens with two attached hydrogens (primary N) is 3. The minimum absolute atomic E-state index is 0. The highest BCUT2D eigenvalue weighted by Gasteiger charge is 1.60. The van der Waals surface area contributed by atoms with Crippen LogP contribution in [-0.4, -0.2) is 12.4 Å². The molecule has 0 spiro atoms. The van der Waals surface area contributed by atoms with Gasteiger partial charge in [0.25, 0.3) is 0 Å². The van der Waals surface area contributed by atoms with Gasteiger partial charge >= 0.3 is 6.03 Å². The van der Waals surface area contributed by atoms with Crippen molar-refractivity contribution in [3.63, 3.8) is 0 Å². The van der Waals surface area contributed by atoms with E-state index in [1.165, 1.54) is 0 Å². The van der Waals surface area contributed by atoms with Crippen molar-refractivity contribution in [1.29, 1.82) is 5.41 Å². The van der Waals surface area contributed by atoms with E-state index in [1.807, 2.05) is 0 Å². The van der Waals surface area contributed by atoms with Crippen LogP contribution in [-0.2, 0) is 0 Å². The molecule has 0 aliphatic heterocycles. The van der Waals surface area contributed by atoms with E-state index in [0.29, 0.717) is 0 Å². The van der Waals surface area contributed by atoms with E-state index in [2.05, 4.69) is 17.2 Å². The minimum Gasteiger partial charge on any atom is -0.390 e. The van der Waals surface area contributed by atoms with Crippen LogP contribution in [0, 0.1) is 5.41 Å². The molecular formula is C2H10Cl2N4O. The third-order valence-electron chi connectivity index (χ3n) is 0. The number of primary amides is 2. The van der Waals surface area contributed by atoms with Gasteiger partial charge in [0.2, 0.25) is 0 Å². The van der Waals surface area contributed by atoms with Crippen molar-refractivity contribution in [3.05, 3.63) is 0 Å². The number of amides is 2. The fourth-order valence-corrected chi connectivity index (χ4v) is 0. The normalized spacial score (nSPS) is 4.00. The molecule has 2 amide bonds. The average Bonchev–Trinajstić information content (AvgIpc) is 1.33. The third kappa shape index (κ3) is 448. The fourth-order valence-electron chi connectivity index (χ4n) is 0. The lowest BCUT2D eigenvalue weighted by Gasteiger charge is -1.62. The maximum absolute atomic E-state index is 9.00. The Hall–Kier alpha value is -0.680. The van der Waals surface area contributed by atoms with Crippen LogP contribution in [0.25, 0.3) is 0 Å². The van der Waals surface area contributed by atoms with Gasteiger partial charge in [0.1, 0.15) is 0 Å². The monoisotopic (exact) mass is 176 g/mol. The number of hydrogen-bond acceptors (Lipinski definition) is 2. The van der Waals surface area contributed by atoms with Crippen molar-refractivity contribution < 1.29 is 4.79 Å². The summed E-state index contributed by atoms with van der Waals surface area (Å²) >= 11 is 0. The topological polar surface area (TPSA) is 119 Å². The van der Waals surface area contributed by atoms with Gasteiger partial charge in [-0.2, -0.15) is 0 Å². The molecule has 0 atom stereocenters. The Morgan fingerprint density at radius 3 is 1.33 bits per heavy atom. The zero-order chi connectivity index (χ0) is 6.28. The van der Waals surface area contributed by atoms with Gasteiger partial charge in [0.15, 0.2) is 0 Å².